The smallest absolute Gasteiger partial charge is 0.138 e. The van der Waals surface area contributed by atoms with Gasteiger partial charge in [0.05, 0.1) is 18.3 Å². The highest BCUT2D eigenvalue weighted by Gasteiger charge is 2.22. The Bertz CT molecular complexity index is 368. The number of anilines is 2. The van der Waals surface area contributed by atoms with Crippen molar-refractivity contribution < 1.29 is 10.2 Å². The SMILES string of the molecule is Nc1cc(N2CCCCC2CO)ccc1O. The molecule has 4 nitrogen and oxygen atoms in total. The number of aliphatic hydroxyl groups excluding tert-OH is 1. The number of aliphatic hydroxyl groups is 1. The molecule has 0 aliphatic carbocycles. The van der Waals surface area contributed by atoms with Gasteiger partial charge in [0.25, 0.3) is 0 Å². The molecule has 1 aliphatic rings. The van der Waals surface area contributed by atoms with Crippen LogP contribution in [0.15, 0.2) is 18.2 Å². The predicted octanol–water partition coefficient (Wildman–Crippen LogP) is 1.33. The molecule has 2 rings (SSSR count). The fourth-order valence-electron chi connectivity index (χ4n) is 2.25. The van der Waals surface area contributed by atoms with Gasteiger partial charge in [-0.15, -0.1) is 0 Å². The van der Waals surface area contributed by atoms with E-state index in [-0.39, 0.29) is 18.4 Å². The number of benzene rings is 1. The van der Waals surface area contributed by atoms with Gasteiger partial charge in [-0.2, -0.15) is 0 Å². The minimum atomic E-state index is 0.112. The van der Waals surface area contributed by atoms with Crippen LogP contribution in [0.25, 0.3) is 0 Å². The van der Waals surface area contributed by atoms with Crippen molar-refractivity contribution in [3.8, 4) is 5.75 Å². The standard InChI is InChI=1S/C12H18N2O2/c13-11-7-9(4-5-12(11)16)14-6-2-1-3-10(14)8-15/h4-5,7,10,15-16H,1-3,6,8,13H2. The number of hydrogen-bond donors (Lipinski definition) is 3. The highest BCUT2D eigenvalue weighted by molar-refractivity contribution is 5.63. The van der Waals surface area contributed by atoms with Crippen molar-refractivity contribution in [3.63, 3.8) is 0 Å². The van der Waals surface area contributed by atoms with Gasteiger partial charge in [-0.25, -0.2) is 0 Å². The first kappa shape index (κ1) is 11.1. The molecule has 1 aromatic carbocycles. The summed E-state index contributed by atoms with van der Waals surface area (Å²) < 4.78 is 0. The molecule has 4 heteroatoms. The van der Waals surface area contributed by atoms with Gasteiger partial charge in [0.1, 0.15) is 5.75 Å². The fourth-order valence-corrected chi connectivity index (χ4v) is 2.25. The molecule has 16 heavy (non-hydrogen) atoms. The Kier molecular flexibility index (Phi) is 3.19. The van der Waals surface area contributed by atoms with Crippen molar-refractivity contribution in [1.82, 2.24) is 0 Å². The Balaban J connectivity index is 2.23. The third kappa shape index (κ3) is 2.07. The highest BCUT2D eigenvalue weighted by Crippen LogP contribution is 2.30. The summed E-state index contributed by atoms with van der Waals surface area (Å²) in [5, 5.41) is 18.7. The first-order chi connectivity index (χ1) is 7.72. The molecule has 1 unspecified atom stereocenters. The quantitative estimate of drug-likeness (QED) is 0.521. The van der Waals surface area contributed by atoms with E-state index < -0.39 is 0 Å². The first-order valence-electron chi connectivity index (χ1n) is 5.68. The maximum atomic E-state index is 9.37. The summed E-state index contributed by atoms with van der Waals surface area (Å²) in [4.78, 5) is 2.17. The molecule has 0 spiro atoms. The van der Waals surface area contributed by atoms with E-state index in [1.165, 1.54) is 0 Å². The van der Waals surface area contributed by atoms with Crippen molar-refractivity contribution in [2.45, 2.75) is 25.3 Å². The lowest BCUT2D eigenvalue weighted by atomic mass is 10.0. The Hall–Kier alpha value is -1.42. The van der Waals surface area contributed by atoms with Gasteiger partial charge in [0, 0.05) is 12.2 Å². The maximum absolute atomic E-state index is 9.37. The second kappa shape index (κ2) is 4.61. The van der Waals surface area contributed by atoms with Crippen molar-refractivity contribution in [3.05, 3.63) is 18.2 Å². The third-order valence-corrected chi connectivity index (χ3v) is 3.18. The first-order valence-corrected chi connectivity index (χ1v) is 5.68. The fraction of sp³-hybridized carbons (Fsp3) is 0.500. The number of nitrogens with two attached hydrogens (primary N) is 1. The van der Waals surface area contributed by atoms with Gasteiger partial charge >= 0.3 is 0 Å². The van der Waals surface area contributed by atoms with Crippen LogP contribution in [-0.4, -0.2) is 29.4 Å². The molecule has 1 heterocycles. The number of nitrogen functional groups attached to an aromatic ring is 1. The van der Waals surface area contributed by atoms with Gasteiger partial charge in [0.15, 0.2) is 0 Å². The second-order valence-electron chi connectivity index (χ2n) is 4.27. The Morgan fingerprint density at radius 3 is 2.88 bits per heavy atom. The zero-order chi connectivity index (χ0) is 11.5. The predicted molar refractivity (Wildman–Crippen MR) is 64.6 cm³/mol. The third-order valence-electron chi connectivity index (χ3n) is 3.18. The number of rotatable bonds is 2. The van der Waals surface area contributed by atoms with Gasteiger partial charge in [-0.3, -0.25) is 0 Å². The average molecular weight is 222 g/mol. The van der Waals surface area contributed by atoms with Crippen LogP contribution in [0.1, 0.15) is 19.3 Å². The maximum Gasteiger partial charge on any atom is 0.138 e. The minimum Gasteiger partial charge on any atom is -0.506 e. The average Bonchev–Trinajstić information content (AvgIpc) is 2.32. The summed E-state index contributed by atoms with van der Waals surface area (Å²) in [7, 11) is 0. The molecule has 0 aromatic heterocycles. The summed E-state index contributed by atoms with van der Waals surface area (Å²) in [6.45, 7) is 1.11. The number of phenolic OH excluding ortho intramolecular Hbond substituents is 1. The molecule has 0 amide bonds. The molecule has 0 radical (unpaired) electrons. The van der Waals surface area contributed by atoms with Crippen LogP contribution in [0.5, 0.6) is 5.75 Å². The number of hydrogen-bond acceptors (Lipinski definition) is 4. The lowest BCUT2D eigenvalue weighted by Gasteiger charge is -2.36. The van der Waals surface area contributed by atoms with Crippen molar-refractivity contribution in [2.24, 2.45) is 0 Å². The van der Waals surface area contributed by atoms with Crippen LogP contribution in [-0.2, 0) is 0 Å². The van der Waals surface area contributed by atoms with Crippen LogP contribution in [0, 0.1) is 0 Å². The Morgan fingerprint density at radius 1 is 1.38 bits per heavy atom. The Labute approximate surface area is 95.3 Å². The van der Waals surface area contributed by atoms with Crippen molar-refractivity contribution >= 4 is 11.4 Å². The molecule has 4 N–H and O–H groups in total. The number of nitrogens with zero attached hydrogens (tertiary/aromatic N) is 1. The monoisotopic (exact) mass is 222 g/mol. The molecular formula is C12H18N2O2. The molecule has 1 fully saturated rings. The number of phenols is 1. The van der Waals surface area contributed by atoms with Gasteiger partial charge in [-0.1, -0.05) is 0 Å². The molecule has 1 aliphatic heterocycles. The summed E-state index contributed by atoms with van der Waals surface area (Å²) in [6, 6.07) is 5.40. The van der Waals surface area contributed by atoms with Crippen LogP contribution in [0.3, 0.4) is 0 Å². The zero-order valence-electron chi connectivity index (χ0n) is 9.26. The molecular weight excluding hydrogens is 204 g/mol. The van der Waals surface area contributed by atoms with Crippen molar-refractivity contribution in [2.75, 3.05) is 23.8 Å². The van der Waals surface area contributed by atoms with E-state index in [0.29, 0.717) is 5.69 Å². The lowest BCUT2D eigenvalue weighted by Crippen LogP contribution is -2.41. The molecule has 1 atom stereocenters. The van der Waals surface area contributed by atoms with Crippen LogP contribution in [0.4, 0.5) is 11.4 Å². The highest BCUT2D eigenvalue weighted by atomic mass is 16.3. The van der Waals surface area contributed by atoms with Gasteiger partial charge in [-0.05, 0) is 37.5 Å². The largest absolute Gasteiger partial charge is 0.506 e. The second-order valence-corrected chi connectivity index (χ2v) is 4.27. The van der Waals surface area contributed by atoms with E-state index in [0.717, 1.165) is 31.5 Å². The van der Waals surface area contributed by atoms with E-state index in [2.05, 4.69) is 4.90 Å². The van der Waals surface area contributed by atoms with Crippen molar-refractivity contribution in [1.29, 1.82) is 0 Å². The molecule has 1 saturated heterocycles. The molecule has 1 aromatic rings. The van der Waals surface area contributed by atoms with E-state index in [4.69, 9.17) is 5.73 Å². The van der Waals surface area contributed by atoms with Gasteiger partial charge in [0.2, 0.25) is 0 Å². The number of aromatic hydroxyl groups is 1. The molecule has 0 bridgehead atoms. The summed E-state index contributed by atoms with van der Waals surface area (Å²) in [6.07, 6.45) is 3.31. The van der Waals surface area contributed by atoms with Gasteiger partial charge < -0.3 is 20.8 Å². The van der Waals surface area contributed by atoms with Crippen LogP contribution < -0.4 is 10.6 Å². The van der Waals surface area contributed by atoms with E-state index in [1.807, 2.05) is 6.07 Å². The normalized spacial score (nSPS) is 21.1. The van der Waals surface area contributed by atoms with E-state index in [1.54, 1.807) is 12.1 Å². The summed E-state index contributed by atoms with van der Waals surface area (Å²) in [5.41, 5.74) is 7.04. The Morgan fingerprint density at radius 2 is 2.19 bits per heavy atom. The van der Waals surface area contributed by atoms with E-state index in [9.17, 15) is 10.2 Å². The van der Waals surface area contributed by atoms with Crippen LogP contribution in [0.2, 0.25) is 0 Å². The lowest BCUT2D eigenvalue weighted by molar-refractivity contribution is 0.240. The number of piperidine rings is 1. The molecule has 0 saturated carbocycles. The minimum absolute atomic E-state index is 0.112. The topological polar surface area (TPSA) is 69.7 Å². The zero-order valence-corrected chi connectivity index (χ0v) is 9.26. The van der Waals surface area contributed by atoms with E-state index >= 15 is 0 Å². The summed E-state index contributed by atoms with van der Waals surface area (Å²) in [5.74, 6) is 0.112. The summed E-state index contributed by atoms with van der Waals surface area (Å²) >= 11 is 0. The van der Waals surface area contributed by atoms with Crippen LogP contribution >= 0.6 is 0 Å². The molecule has 88 valence electrons.